The Labute approximate surface area is 129 Å². The molecule has 0 aliphatic heterocycles. The van der Waals surface area contributed by atoms with E-state index in [-0.39, 0.29) is 23.7 Å². The molecule has 1 amide bonds. The van der Waals surface area contributed by atoms with Crippen molar-refractivity contribution in [1.29, 1.82) is 0 Å². The minimum atomic E-state index is -3.82. The largest absolute Gasteiger partial charge is 0.444 e. The van der Waals surface area contributed by atoms with Crippen molar-refractivity contribution in [3.63, 3.8) is 0 Å². The Hall–Kier alpha value is -1.87. The van der Waals surface area contributed by atoms with Crippen LogP contribution in [0.3, 0.4) is 0 Å². The first-order valence-corrected chi connectivity index (χ1v) is 8.01. The van der Waals surface area contributed by atoms with Gasteiger partial charge in [0.05, 0.1) is 10.6 Å². The fourth-order valence-corrected chi connectivity index (χ4v) is 2.50. The summed E-state index contributed by atoms with van der Waals surface area (Å²) < 4.78 is 44.2. The number of ether oxygens (including phenoxy) is 1. The molecule has 0 fully saturated rings. The van der Waals surface area contributed by atoms with Gasteiger partial charge in [0.15, 0.2) is 0 Å². The van der Waals surface area contributed by atoms with Crippen LogP contribution in [0.2, 0.25) is 0 Å². The summed E-state index contributed by atoms with van der Waals surface area (Å²) in [6.07, 6.45) is -0.641. The van der Waals surface area contributed by atoms with Gasteiger partial charge in [0.25, 0.3) is 0 Å². The smallest absolute Gasteiger partial charge is 0.407 e. The third kappa shape index (κ3) is 5.86. The summed E-state index contributed by atoms with van der Waals surface area (Å²) >= 11 is 0. The molecular formula is C13H20FN3O4S. The highest BCUT2D eigenvalue weighted by Gasteiger charge is 2.17. The molecule has 0 radical (unpaired) electrons. The van der Waals surface area contributed by atoms with Gasteiger partial charge in [0.2, 0.25) is 10.0 Å². The minimum absolute atomic E-state index is 0.0428. The lowest BCUT2D eigenvalue weighted by molar-refractivity contribution is 0.0529. The second kappa shape index (κ2) is 6.93. The van der Waals surface area contributed by atoms with Crippen molar-refractivity contribution in [3.05, 3.63) is 24.0 Å². The number of rotatable bonds is 5. The van der Waals surface area contributed by atoms with E-state index in [0.717, 1.165) is 18.2 Å². The van der Waals surface area contributed by atoms with Crippen molar-refractivity contribution in [2.24, 2.45) is 0 Å². The van der Waals surface area contributed by atoms with Gasteiger partial charge in [-0.15, -0.1) is 0 Å². The quantitative estimate of drug-likeness (QED) is 0.554. The van der Waals surface area contributed by atoms with E-state index < -0.39 is 27.5 Å². The highest BCUT2D eigenvalue weighted by molar-refractivity contribution is 7.89. The zero-order chi connectivity index (χ0) is 17.0. The highest BCUT2D eigenvalue weighted by atomic mass is 32.2. The summed E-state index contributed by atoms with van der Waals surface area (Å²) in [7, 11) is -3.82. The molecule has 0 aliphatic rings. The Morgan fingerprint density at radius 1 is 1.32 bits per heavy atom. The normalized spacial score (nSPS) is 12.0. The van der Waals surface area contributed by atoms with Gasteiger partial charge in [0.1, 0.15) is 11.4 Å². The van der Waals surface area contributed by atoms with Gasteiger partial charge in [-0.1, -0.05) is 0 Å². The number of carbonyl (C=O) groups is 1. The second-order valence-electron chi connectivity index (χ2n) is 5.51. The van der Waals surface area contributed by atoms with E-state index in [1.807, 2.05) is 0 Å². The molecule has 0 unspecified atom stereocenters. The maximum absolute atomic E-state index is 13.0. The Morgan fingerprint density at radius 3 is 2.50 bits per heavy atom. The summed E-state index contributed by atoms with van der Waals surface area (Å²) in [6, 6.07) is 3.11. The van der Waals surface area contributed by atoms with Gasteiger partial charge in [-0.3, -0.25) is 0 Å². The number of hydrogen-bond donors (Lipinski definition) is 3. The number of sulfonamides is 1. The zero-order valence-corrected chi connectivity index (χ0v) is 13.5. The number of nitrogens with one attached hydrogen (secondary N) is 2. The first-order chi connectivity index (χ1) is 10.0. The van der Waals surface area contributed by atoms with Crippen LogP contribution in [0.5, 0.6) is 0 Å². The van der Waals surface area contributed by atoms with E-state index in [9.17, 15) is 17.6 Å². The SMILES string of the molecule is CC(C)(C)OC(=O)NCCNS(=O)(=O)c1ccc(F)c(N)c1. The maximum atomic E-state index is 13.0. The predicted molar refractivity (Wildman–Crippen MR) is 80.2 cm³/mol. The first-order valence-electron chi connectivity index (χ1n) is 6.53. The van der Waals surface area contributed by atoms with Crippen LogP contribution in [0.15, 0.2) is 23.1 Å². The van der Waals surface area contributed by atoms with Crippen molar-refractivity contribution < 1.29 is 22.3 Å². The fourth-order valence-electron chi connectivity index (χ4n) is 1.44. The molecule has 124 valence electrons. The molecule has 0 heterocycles. The summed E-state index contributed by atoms with van der Waals surface area (Å²) in [5.74, 6) is -0.689. The van der Waals surface area contributed by atoms with Crippen molar-refractivity contribution in [3.8, 4) is 0 Å². The van der Waals surface area contributed by atoms with Crippen molar-refractivity contribution in [1.82, 2.24) is 10.0 Å². The number of nitrogens with two attached hydrogens (primary N) is 1. The summed E-state index contributed by atoms with van der Waals surface area (Å²) in [6.45, 7) is 5.15. The molecule has 1 aromatic carbocycles. The molecule has 0 spiro atoms. The lowest BCUT2D eigenvalue weighted by Crippen LogP contribution is -2.37. The summed E-state index contributed by atoms with van der Waals surface area (Å²) in [5.41, 5.74) is 4.45. The Morgan fingerprint density at radius 2 is 1.95 bits per heavy atom. The van der Waals surface area contributed by atoms with Crippen molar-refractivity contribution in [2.45, 2.75) is 31.3 Å². The standard InChI is InChI=1S/C13H20FN3O4S/c1-13(2,3)21-12(18)16-6-7-17-22(19,20)9-4-5-10(14)11(15)8-9/h4-5,8,17H,6-7,15H2,1-3H3,(H,16,18). The van der Waals surface area contributed by atoms with Gasteiger partial charge in [0, 0.05) is 13.1 Å². The predicted octanol–water partition coefficient (Wildman–Crippen LogP) is 1.21. The molecule has 1 aromatic rings. The first kappa shape index (κ1) is 18.2. The fraction of sp³-hybridized carbons (Fsp3) is 0.462. The maximum Gasteiger partial charge on any atom is 0.407 e. The van der Waals surface area contributed by atoms with Gasteiger partial charge in [-0.2, -0.15) is 0 Å². The Bertz CT molecular complexity index is 641. The van der Waals surface area contributed by atoms with Crippen LogP contribution in [-0.4, -0.2) is 33.2 Å². The molecule has 1 rings (SSSR count). The molecular weight excluding hydrogens is 313 g/mol. The second-order valence-corrected chi connectivity index (χ2v) is 7.28. The molecule has 0 aliphatic carbocycles. The molecule has 22 heavy (non-hydrogen) atoms. The van der Waals surface area contributed by atoms with Crippen LogP contribution in [0, 0.1) is 5.82 Å². The lowest BCUT2D eigenvalue weighted by atomic mass is 10.2. The lowest BCUT2D eigenvalue weighted by Gasteiger charge is -2.19. The molecule has 7 nitrogen and oxygen atoms in total. The van der Waals surface area contributed by atoms with E-state index >= 15 is 0 Å². The monoisotopic (exact) mass is 333 g/mol. The molecule has 0 saturated heterocycles. The number of amides is 1. The molecule has 4 N–H and O–H groups in total. The number of hydrogen-bond acceptors (Lipinski definition) is 5. The highest BCUT2D eigenvalue weighted by Crippen LogP contribution is 2.16. The number of benzene rings is 1. The van der Waals surface area contributed by atoms with Gasteiger partial charge >= 0.3 is 6.09 Å². The van der Waals surface area contributed by atoms with E-state index in [1.54, 1.807) is 20.8 Å². The van der Waals surface area contributed by atoms with Crippen LogP contribution < -0.4 is 15.8 Å². The molecule has 0 bridgehead atoms. The summed E-state index contributed by atoms with van der Waals surface area (Å²) in [5, 5.41) is 2.41. The van der Waals surface area contributed by atoms with Crippen LogP contribution in [0.1, 0.15) is 20.8 Å². The van der Waals surface area contributed by atoms with Crippen molar-refractivity contribution in [2.75, 3.05) is 18.8 Å². The minimum Gasteiger partial charge on any atom is -0.444 e. The number of alkyl carbamates (subject to hydrolysis) is 1. The van der Waals surface area contributed by atoms with E-state index in [2.05, 4.69) is 10.0 Å². The number of anilines is 1. The van der Waals surface area contributed by atoms with Gasteiger partial charge in [-0.25, -0.2) is 22.3 Å². The topological polar surface area (TPSA) is 111 Å². The van der Waals surface area contributed by atoms with Crippen LogP contribution in [-0.2, 0) is 14.8 Å². The van der Waals surface area contributed by atoms with Crippen molar-refractivity contribution >= 4 is 21.8 Å². The third-order valence-electron chi connectivity index (χ3n) is 2.36. The number of halogens is 1. The molecule has 0 aromatic heterocycles. The molecule has 9 heteroatoms. The Kier molecular flexibility index (Phi) is 5.72. The van der Waals surface area contributed by atoms with Crippen LogP contribution >= 0.6 is 0 Å². The van der Waals surface area contributed by atoms with Crippen LogP contribution in [0.25, 0.3) is 0 Å². The molecule has 0 saturated carbocycles. The van der Waals surface area contributed by atoms with E-state index in [1.165, 1.54) is 0 Å². The zero-order valence-electron chi connectivity index (χ0n) is 12.6. The molecule has 0 atom stereocenters. The number of carbonyl (C=O) groups excluding carboxylic acids is 1. The van der Waals surface area contributed by atoms with Gasteiger partial charge < -0.3 is 15.8 Å². The van der Waals surface area contributed by atoms with Gasteiger partial charge in [-0.05, 0) is 39.0 Å². The number of nitrogen functional groups attached to an aromatic ring is 1. The third-order valence-corrected chi connectivity index (χ3v) is 3.82. The summed E-state index contributed by atoms with van der Waals surface area (Å²) in [4.78, 5) is 11.2. The van der Waals surface area contributed by atoms with E-state index in [4.69, 9.17) is 10.5 Å². The average molecular weight is 333 g/mol. The average Bonchev–Trinajstić information content (AvgIpc) is 2.36. The van der Waals surface area contributed by atoms with Crippen LogP contribution in [0.4, 0.5) is 14.9 Å². The Balaban J connectivity index is 2.50. The van der Waals surface area contributed by atoms with E-state index in [0.29, 0.717) is 0 Å².